The van der Waals surface area contributed by atoms with Gasteiger partial charge >= 0.3 is 5.69 Å². The van der Waals surface area contributed by atoms with E-state index in [1.165, 1.54) is 16.8 Å². The van der Waals surface area contributed by atoms with Gasteiger partial charge in [0.05, 0.1) is 6.10 Å². The summed E-state index contributed by atoms with van der Waals surface area (Å²) in [5, 5.41) is 0. The molecule has 7 nitrogen and oxygen atoms in total. The van der Waals surface area contributed by atoms with E-state index >= 15 is 0 Å². The second-order valence-electron chi connectivity index (χ2n) is 5.00. The average Bonchev–Trinajstić information content (AvgIpc) is 2.97. The van der Waals surface area contributed by atoms with Crippen LogP contribution in [0.5, 0.6) is 0 Å². The first kappa shape index (κ1) is 15.9. The van der Waals surface area contributed by atoms with Gasteiger partial charge in [0.1, 0.15) is 6.04 Å². The Labute approximate surface area is 139 Å². The predicted molar refractivity (Wildman–Crippen MR) is 81.9 cm³/mol. The van der Waals surface area contributed by atoms with E-state index in [1.807, 2.05) is 6.92 Å². The maximum atomic E-state index is 11.9. The van der Waals surface area contributed by atoms with Crippen molar-refractivity contribution in [1.82, 2.24) is 9.55 Å². The minimum Gasteiger partial charge on any atom is -0.469 e. The molecule has 1 aromatic rings. The van der Waals surface area contributed by atoms with Crippen molar-refractivity contribution in [3.63, 3.8) is 0 Å². The van der Waals surface area contributed by atoms with Crippen molar-refractivity contribution in [3.8, 4) is 0 Å². The van der Waals surface area contributed by atoms with E-state index in [-0.39, 0.29) is 12.0 Å². The highest BCUT2D eigenvalue weighted by Gasteiger charge is 2.53. The standard InChI is InChI=1S/C12H12Cl3N3O4/c1-2-5-8-7(17-10(22-8)12(13,14)15)9(21-5)18-4-3-6(19)16-11(18)20/h3-5,7-9H,2H2,1H3,(H,16,19,20)/t5-,7?,8+,9-/m1/s1. The van der Waals surface area contributed by atoms with Crippen molar-refractivity contribution in [2.24, 2.45) is 4.99 Å². The molecule has 4 atom stereocenters. The first-order valence-electron chi connectivity index (χ1n) is 6.60. The van der Waals surface area contributed by atoms with Crippen LogP contribution in [0.15, 0.2) is 26.8 Å². The fraction of sp³-hybridized carbons (Fsp3) is 0.583. The Morgan fingerprint density at radius 2 is 2.14 bits per heavy atom. The number of hydrogen-bond acceptors (Lipinski definition) is 5. The number of ether oxygens (including phenoxy) is 2. The van der Waals surface area contributed by atoms with Crippen molar-refractivity contribution >= 4 is 40.7 Å². The lowest BCUT2D eigenvalue weighted by molar-refractivity contribution is -0.0235. The summed E-state index contributed by atoms with van der Waals surface area (Å²) in [6.45, 7) is 1.91. The van der Waals surface area contributed by atoms with Crippen molar-refractivity contribution in [1.29, 1.82) is 0 Å². The zero-order valence-corrected chi connectivity index (χ0v) is 13.6. The number of hydrogen-bond donors (Lipinski definition) is 1. The van der Waals surface area contributed by atoms with Crippen LogP contribution in [0, 0.1) is 0 Å². The van der Waals surface area contributed by atoms with Crippen molar-refractivity contribution in [2.75, 3.05) is 0 Å². The third kappa shape index (κ3) is 2.67. The lowest BCUT2D eigenvalue weighted by Crippen LogP contribution is -2.35. The molecule has 120 valence electrons. The monoisotopic (exact) mass is 367 g/mol. The summed E-state index contributed by atoms with van der Waals surface area (Å²) in [6, 6.07) is 0.702. The van der Waals surface area contributed by atoms with Gasteiger partial charge in [-0.05, 0) is 6.42 Å². The maximum absolute atomic E-state index is 11.9. The molecule has 0 saturated carbocycles. The number of halogens is 3. The van der Waals surface area contributed by atoms with E-state index in [4.69, 9.17) is 44.3 Å². The first-order valence-corrected chi connectivity index (χ1v) is 7.73. The minimum absolute atomic E-state index is 0.0169. The third-order valence-electron chi connectivity index (χ3n) is 3.59. The van der Waals surface area contributed by atoms with Gasteiger partial charge in [-0.2, -0.15) is 0 Å². The molecule has 0 bridgehead atoms. The fourth-order valence-corrected chi connectivity index (χ4v) is 2.90. The highest BCUT2D eigenvalue weighted by Crippen LogP contribution is 2.42. The van der Waals surface area contributed by atoms with Gasteiger partial charge in [0.15, 0.2) is 12.3 Å². The van der Waals surface area contributed by atoms with Crippen LogP contribution in [0.3, 0.4) is 0 Å². The summed E-state index contributed by atoms with van der Waals surface area (Å²) in [5.74, 6) is -0.0169. The molecule has 22 heavy (non-hydrogen) atoms. The van der Waals surface area contributed by atoms with E-state index in [2.05, 4.69) is 9.98 Å². The van der Waals surface area contributed by atoms with Crippen LogP contribution in [-0.4, -0.2) is 37.5 Å². The summed E-state index contributed by atoms with van der Waals surface area (Å²) in [4.78, 5) is 29.6. The zero-order chi connectivity index (χ0) is 16.1. The average molecular weight is 369 g/mol. The molecule has 1 saturated heterocycles. The van der Waals surface area contributed by atoms with Gasteiger partial charge in [0.2, 0.25) is 5.90 Å². The summed E-state index contributed by atoms with van der Waals surface area (Å²) in [7, 11) is 0. The van der Waals surface area contributed by atoms with E-state index in [9.17, 15) is 9.59 Å². The molecule has 1 aromatic heterocycles. The normalized spacial score (nSPS) is 30.8. The Balaban J connectivity index is 2.00. The topological polar surface area (TPSA) is 85.7 Å². The summed E-state index contributed by atoms with van der Waals surface area (Å²) in [5.41, 5.74) is -1.08. The molecule has 10 heteroatoms. The molecule has 1 fully saturated rings. The Hall–Kier alpha value is -1.02. The molecule has 0 amide bonds. The predicted octanol–water partition coefficient (Wildman–Crippen LogP) is 1.38. The number of H-pyrrole nitrogens is 1. The molecular formula is C12H12Cl3N3O4. The summed E-state index contributed by atoms with van der Waals surface area (Å²) >= 11 is 17.4. The number of nitrogens with zero attached hydrogens (tertiary/aromatic N) is 2. The molecule has 2 aliphatic rings. The molecule has 2 aliphatic heterocycles. The number of aromatic nitrogens is 2. The Kier molecular flexibility index (Phi) is 4.01. The molecule has 0 radical (unpaired) electrons. The molecule has 1 N–H and O–H groups in total. The minimum atomic E-state index is -1.77. The van der Waals surface area contributed by atoms with Gasteiger partial charge in [0.25, 0.3) is 9.35 Å². The summed E-state index contributed by atoms with van der Waals surface area (Å²) < 4.78 is 10.9. The van der Waals surface area contributed by atoms with Gasteiger partial charge in [-0.15, -0.1) is 0 Å². The van der Waals surface area contributed by atoms with E-state index in [0.717, 1.165) is 0 Å². The number of aromatic amines is 1. The van der Waals surface area contributed by atoms with Crippen LogP contribution in [0.1, 0.15) is 19.6 Å². The van der Waals surface area contributed by atoms with Crippen molar-refractivity contribution in [2.45, 2.75) is 41.6 Å². The van der Waals surface area contributed by atoms with Crippen LogP contribution >= 0.6 is 34.8 Å². The SMILES string of the molecule is CC[C@H]1O[C@@H](n2ccc(=O)[nH]c2=O)C2N=C(C(Cl)(Cl)Cl)O[C@H]21. The first-order chi connectivity index (χ1) is 10.3. The quantitative estimate of drug-likeness (QED) is 0.799. The molecule has 0 aromatic carbocycles. The largest absolute Gasteiger partial charge is 0.469 e. The zero-order valence-electron chi connectivity index (χ0n) is 11.3. The molecule has 3 rings (SSSR count). The highest BCUT2D eigenvalue weighted by molar-refractivity contribution is 6.76. The van der Waals surface area contributed by atoms with E-state index in [1.54, 1.807) is 0 Å². The van der Waals surface area contributed by atoms with Gasteiger partial charge in [-0.1, -0.05) is 41.7 Å². The van der Waals surface area contributed by atoms with Crippen LogP contribution in [0.25, 0.3) is 0 Å². The number of nitrogens with one attached hydrogen (secondary N) is 1. The fourth-order valence-electron chi connectivity index (χ4n) is 2.62. The summed E-state index contributed by atoms with van der Waals surface area (Å²) in [6.07, 6.45) is 0.508. The van der Waals surface area contributed by atoms with E-state index < -0.39 is 33.4 Å². The Bertz CT molecular complexity index is 723. The maximum Gasteiger partial charge on any atom is 0.330 e. The van der Waals surface area contributed by atoms with Crippen LogP contribution in [0.2, 0.25) is 0 Å². The molecule has 3 heterocycles. The molecular weight excluding hydrogens is 357 g/mol. The number of alkyl halides is 3. The van der Waals surface area contributed by atoms with Crippen LogP contribution in [0.4, 0.5) is 0 Å². The van der Waals surface area contributed by atoms with Crippen molar-refractivity contribution in [3.05, 3.63) is 33.1 Å². The molecule has 1 unspecified atom stereocenters. The van der Waals surface area contributed by atoms with Gasteiger partial charge < -0.3 is 9.47 Å². The molecule has 0 spiro atoms. The second kappa shape index (κ2) is 5.56. The van der Waals surface area contributed by atoms with Crippen molar-refractivity contribution < 1.29 is 9.47 Å². The number of rotatable bonds is 2. The lowest BCUT2D eigenvalue weighted by Gasteiger charge is -2.18. The number of aliphatic imine (C=N–C) groups is 1. The third-order valence-corrected chi connectivity index (χ3v) is 4.08. The van der Waals surface area contributed by atoms with Gasteiger partial charge in [-0.3, -0.25) is 14.3 Å². The number of fused-ring (bicyclic) bond motifs is 1. The molecule has 0 aliphatic carbocycles. The van der Waals surface area contributed by atoms with Gasteiger partial charge in [-0.25, -0.2) is 9.79 Å². The van der Waals surface area contributed by atoms with Crippen LogP contribution < -0.4 is 11.2 Å². The van der Waals surface area contributed by atoms with Crippen LogP contribution in [-0.2, 0) is 9.47 Å². The second-order valence-corrected chi connectivity index (χ2v) is 7.28. The smallest absolute Gasteiger partial charge is 0.330 e. The highest BCUT2D eigenvalue weighted by atomic mass is 35.6. The Morgan fingerprint density at radius 3 is 2.73 bits per heavy atom. The van der Waals surface area contributed by atoms with Gasteiger partial charge in [0, 0.05) is 12.3 Å². The Morgan fingerprint density at radius 1 is 1.41 bits per heavy atom. The lowest BCUT2D eigenvalue weighted by atomic mass is 10.1. The van der Waals surface area contributed by atoms with E-state index in [0.29, 0.717) is 6.42 Å².